The van der Waals surface area contributed by atoms with E-state index in [1.807, 2.05) is 31.3 Å². The van der Waals surface area contributed by atoms with Crippen LogP contribution < -0.4 is 10.1 Å². The van der Waals surface area contributed by atoms with E-state index in [-0.39, 0.29) is 0 Å². The standard InChI is InChI=1S/C17H24ClN3O2/c1-11(2)16-14(17(18)21(3)20-16)9-19-10-15(22)12-5-7-13(23-4)8-6-12/h5-8,11,15,19,22H,9-10H2,1-4H3. The maximum Gasteiger partial charge on any atom is 0.131 e. The number of aryl methyl sites for hydroxylation is 1. The average molecular weight is 338 g/mol. The van der Waals surface area contributed by atoms with Crippen LogP contribution in [0.25, 0.3) is 0 Å². The molecule has 2 N–H and O–H groups in total. The van der Waals surface area contributed by atoms with Crippen LogP contribution >= 0.6 is 11.6 Å². The van der Waals surface area contributed by atoms with E-state index >= 15 is 0 Å². The van der Waals surface area contributed by atoms with E-state index in [1.54, 1.807) is 11.8 Å². The zero-order chi connectivity index (χ0) is 17.0. The van der Waals surface area contributed by atoms with Gasteiger partial charge in [0.25, 0.3) is 0 Å². The molecule has 0 saturated heterocycles. The molecule has 0 spiro atoms. The Morgan fingerprint density at radius 2 is 1.96 bits per heavy atom. The van der Waals surface area contributed by atoms with Crippen LogP contribution in [-0.4, -0.2) is 28.5 Å². The normalized spacial score (nSPS) is 12.7. The van der Waals surface area contributed by atoms with E-state index in [9.17, 15) is 5.11 Å². The summed E-state index contributed by atoms with van der Waals surface area (Å²) < 4.78 is 6.81. The molecular formula is C17H24ClN3O2. The van der Waals surface area contributed by atoms with Crippen LogP contribution in [0, 0.1) is 0 Å². The number of aromatic nitrogens is 2. The van der Waals surface area contributed by atoms with Crippen LogP contribution in [0.4, 0.5) is 0 Å². The van der Waals surface area contributed by atoms with E-state index in [4.69, 9.17) is 16.3 Å². The molecule has 0 aliphatic carbocycles. The van der Waals surface area contributed by atoms with Crippen molar-refractivity contribution in [2.24, 2.45) is 7.05 Å². The predicted octanol–water partition coefficient (Wildman–Crippen LogP) is 3.03. The highest BCUT2D eigenvalue weighted by Crippen LogP contribution is 2.25. The van der Waals surface area contributed by atoms with Gasteiger partial charge in [-0.2, -0.15) is 5.10 Å². The molecule has 1 atom stereocenters. The monoisotopic (exact) mass is 337 g/mol. The van der Waals surface area contributed by atoms with Crippen molar-refractivity contribution in [1.29, 1.82) is 0 Å². The lowest BCUT2D eigenvalue weighted by Crippen LogP contribution is -2.21. The Labute approximate surface area is 142 Å². The molecule has 23 heavy (non-hydrogen) atoms. The number of ether oxygens (including phenoxy) is 1. The Morgan fingerprint density at radius 3 is 2.52 bits per heavy atom. The number of hydrogen-bond donors (Lipinski definition) is 2. The molecule has 0 fully saturated rings. The van der Waals surface area contributed by atoms with Crippen molar-refractivity contribution in [3.63, 3.8) is 0 Å². The van der Waals surface area contributed by atoms with Gasteiger partial charge in [-0.3, -0.25) is 4.68 Å². The lowest BCUT2D eigenvalue weighted by atomic mass is 10.1. The molecule has 1 unspecified atom stereocenters. The zero-order valence-corrected chi connectivity index (χ0v) is 14.8. The summed E-state index contributed by atoms with van der Waals surface area (Å²) in [7, 11) is 3.46. The highest BCUT2D eigenvalue weighted by Gasteiger charge is 2.17. The van der Waals surface area contributed by atoms with Gasteiger partial charge in [-0.15, -0.1) is 0 Å². The third-order valence-electron chi connectivity index (χ3n) is 3.79. The second kappa shape index (κ2) is 7.81. The Hall–Kier alpha value is -1.56. The molecule has 0 amide bonds. The van der Waals surface area contributed by atoms with Gasteiger partial charge >= 0.3 is 0 Å². The van der Waals surface area contributed by atoms with Crippen molar-refractivity contribution < 1.29 is 9.84 Å². The molecule has 0 aliphatic heterocycles. The van der Waals surface area contributed by atoms with E-state index < -0.39 is 6.10 Å². The number of halogens is 1. The number of rotatable bonds is 7. The maximum atomic E-state index is 10.3. The second-order valence-corrected chi connectivity index (χ2v) is 6.21. The molecule has 1 aromatic carbocycles. The number of methoxy groups -OCH3 is 1. The maximum absolute atomic E-state index is 10.3. The smallest absolute Gasteiger partial charge is 0.131 e. The van der Waals surface area contributed by atoms with Crippen molar-refractivity contribution in [2.75, 3.05) is 13.7 Å². The number of benzene rings is 1. The number of aliphatic hydroxyl groups is 1. The highest BCUT2D eigenvalue weighted by atomic mass is 35.5. The average Bonchev–Trinajstić information content (AvgIpc) is 2.83. The lowest BCUT2D eigenvalue weighted by molar-refractivity contribution is 0.174. The summed E-state index contributed by atoms with van der Waals surface area (Å²) in [6.45, 7) is 5.20. The predicted molar refractivity (Wildman–Crippen MR) is 92.0 cm³/mol. The van der Waals surface area contributed by atoms with Gasteiger partial charge in [0.05, 0.1) is 18.9 Å². The van der Waals surface area contributed by atoms with E-state index in [0.717, 1.165) is 22.6 Å². The summed E-state index contributed by atoms with van der Waals surface area (Å²) >= 11 is 6.31. The molecule has 1 aromatic heterocycles. The topological polar surface area (TPSA) is 59.3 Å². The van der Waals surface area contributed by atoms with Crippen LogP contribution in [-0.2, 0) is 13.6 Å². The van der Waals surface area contributed by atoms with E-state index in [1.165, 1.54) is 0 Å². The Bertz CT molecular complexity index is 638. The summed E-state index contributed by atoms with van der Waals surface area (Å²) in [6.07, 6.45) is -0.584. The SMILES string of the molecule is COc1ccc(C(O)CNCc2c(C(C)C)nn(C)c2Cl)cc1. The van der Waals surface area contributed by atoms with Gasteiger partial charge in [-0.05, 0) is 23.6 Å². The third kappa shape index (κ3) is 4.25. The van der Waals surface area contributed by atoms with Gasteiger partial charge in [0.15, 0.2) is 0 Å². The summed E-state index contributed by atoms with van der Waals surface area (Å²) in [5.74, 6) is 1.08. The molecule has 5 nitrogen and oxygen atoms in total. The van der Waals surface area contributed by atoms with Crippen LogP contribution in [0.3, 0.4) is 0 Å². The molecule has 0 aliphatic rings. The fourth-order valence-electron chi connectivity index (χ4n) is 2.47. The first-order valence-electron chi connectivity index (χ1n) is 7.68. The zero-order valence-electron chi connectivity index (χ0n) is 14.0. The summed E-state index contributed by atoms with van der Waals surface area (Å²) in [5.41, 5.74) is 2.83. The van der Waals surface area contributed by atoms with E-state index in [2.05, 4.69) is 24.3 Å². The Morgan fingerprint density at radius 1 is 1.30 bits per heavy atom. The second-order valence-electron chi connectivity index (χ2n) is 5.85. The molecule has 0 radical (unpaired) electrons. The van der Waals surface area contributed by atoms with Crippen molar-refractivity contribution in [1.82, 2.24) is 15.1 Å². The van der Waals surface area contributed by atoms with Gasteiger partial charge in [-0.1, -0.05) is 37.6 Å². The largest absolute Gasteiger partial charge is 0.497 e. The number of hydrogen-bond acceptors (Lipinski definition) is 4. The minimum atomic E-state index is -0.584. The van der Waals surface area contributed by atoms with Gasteiger partial charge in [-0.25, -0.2) is 0 Å². The quantitative estimate of drug-likeness (QED) is 0.815. The summed E-state index contributed by atoms with van der Waals surface area (Å²) in [5, 5.41) is 18.6. The van der Waals surface area contributed by atoms with Crippen molar-refractivity contribution in [3.05, 3.63) is 46.2 Å². The minimum Gasteiger partial charge on any atom is -0.497 e. The van der Waals surface area contributed by atoms with Crippen molar-refractivity contribution >= 4 is 11.6 Å². The molecule has 0 bridgehead atoms. The summed E-state index contributed by atoms with van der Waals surface area (Å²) in [6, 6.07) is 7.41. The molecule has 126 valence electrons. The van der Waals surface area contributed by atoms with Gasteiger partial charge < -0.3 is 15.2 Å². The first-order chi connectivity index (χ1) is 10.9. The van der Waals surface area contributed by atoms with Crippen molar-refractivity contribution in [3.8, 4) is 5.75 Å². The van der Waals surface area contributed by atoms with Gasteiger partial charge in [0, 0.05) is 25.7 Å². The molecule has 2 rings (SSSR count). The lowest BCUT2D eigenvalue weighted by Gasteiger charge is -2.13. The Kier molecular flexibility index (Phi) is 6.04. The van der Waals surface area contributed by atoms with E-state index in [0.29, 0.717) is 24.2 Å². The molecular weight excluding hydrogens is 314 g/mol. The third-order valence-corrected chi connectivity index (χ3v) is 4.26. The molecule has 6 heteroatoms. The molecule has 0 saturated carbocycles. The minimum absolute atomic E-state index is 0.303. The van der Waals surface area contributed by atoms with Crippen LogP contribution in [0.5, 0.6) is 5.75 Å². The van der Waals surface area contributed by atoms with Crippen LogP contribution in [0.2, 0.25) is 5.15 Å². The number of nitrogens with one attached hydrogen (secondary N) is 1. The highest BCUT2D eigenvalue weighted by molar-refractivity contribution is 6.30. The molecule has 1 heterocycles. The van der Waals surface area contributed by atoms with Crippen LogP contribution in [0.1, 0.15) is 42.7 Å². The first kappa shape index (κ1) is 17.8. The molecule has 2 aromatic rings. The fourth-order valence-corrected chi connectivity index (χ4v) is 2.67. The number of nitrogens with zero attached hydrogens (tertiary/aromatic N) is 2. The van der Waals surface area contributed by atoms with Crippen molar-refractivity contribution in [2.45, 2.75) is 32.4 Å². The first-order valence-corrected chi connectivity index (χ1v) is 8.05. The van der Waals surface area contributed by atoms with Crippen LogP contribution in [0.15, 0.2) is 24.3 Å². The van der Waals surface area contributed by atoms with Gasteiger partial charge in [0.1, 0.15) is 10.9 Å². The summed E-state index contributed by atoms with van der Waals surface area (Å²) in [4.78, 5) is 0. The Balaban J connectivity index is 1.96. The number of aliphatic hydroxyl groups excluding tert-OH is 1. The van der Waals surface area contributed by atoms with Gasteiger partial charge in [0.2, 0.25) is 0 Å². The fraction of sp³-hybridized carbons (Fsp3) is 0.471.